The first-order valence-electron chi connectivity index (χ1n) is 9.48. The molecule has 0 saturated carbocycles. The third-order valence-corrected chi connectivity index (χ3v) is 6.54. The van der Waals surface area contributed by atoms with Crippen molar-refractivity contribution in [1.29, 1.82) is 0 Å². The third kappa shape index (κ3) is 4.42. The van der Waals surface area contributed by atoms with E-state index in [9.17, 15) is 18.0 Å². The minimum Gasteiger partial charge on any atom is -0.466 e. The second-order valence-electron chi connectivity index (χ2n) is 6.99. The first-order chi connectivity index (χ1) is 14.2. The van der Waals surface area contributed by atoms with Crippen molar-refractivity contribution in [1.82, 2.24) is 4.31 Å². The van der Waals surface area contributed by atoms with Gasteiger partial charge in [-0.2, -0.15) is 0 Å². The molecule has 156 valence electrons. The molecular weight excluding hydrogens is 402 g/mol. The second-order valence-corrected chi connectivity index (χ2v) is 9.14. The summed E-state index contributed by atoms with van der Waals surface area (Å²) in [5, 5.41) is 1.61. The quantitative estimate of drug-likeness (QED) is 0.428. The summed E-state index contributed by atoms with van der Waals surface area (Å²) in [5.74, 6) is -0.602. The Labute approximate surface area is 176 Å². The Kier molecular flexibility index (Phi) is 6.34. The standard InChI is InChI=1S/C23H23NO5S/c1-4-29-22(25)15-16-13-18-7-5-6-8-20(18)21(14-16)23(26)17-9-11-19(12-10-17)30(27,28)24(2)3/h5-14H,4,15H2,1-3H3. The van der Waals surface area contributed by atoms with Gasteiger partial charge < -0.3 is 4.74 Å². The van der Waals surface area contributed by atoms with E-state index in [-0.39, 0.29) is 23.1 Å². The van der Waals surface area contributed by atoms with Crippen LogP contribution in [0.3, 0.4) is 0 Å². The molecule has 0 saturated heterocycles. The van der Waals surface area contributed by atoms with Crippen LogP contribution in [-0.2, 0) is 26.0 Å². The van der Waals surface area contributed by atoms with Gasteiger partial charge in [0.2, 0.25) is 10.0 Å². The molecule has 6 nitrogen and oxygen atoms in total. The van der Waals surface area contributed by atoms with Crippen LogP contribution in [0.4, 0.5) is 0 Å². The summed E-state index contributed by atoms with van der Waals surface area (Å²) in [6.07, 6.45) is 0.0684. The Bertz CT molecular complexity index is 1200. The maximum atomic E-state index is 13.2. The lowest BCUT2D eigenvalue weighted by Crippen LogP contribution is -2.22. The fourth-order valence-electron chi connectivity index (χ4n) is 3.19. The van der Waals surface area contributed by atoms with Gasteiger partial charge in [-0.25, -0.2) is 12.7 Å². The van der Waals surface area contributed by atoms with Gasteiger partial charge >= 0.3 is 5.97 Å². The summed E-state index contributed by atoms with van der Waals surface area (Å²) in [4.78, 5) is 25.3. The number of esters is 1. The van der Waals surface area contributed by atoms with E-state index in [4.69, 9.17) is 4.74 Å². The summed E-state index contributed by atoms with van der Waals surface area (Å²) < 4.78 is 30.7. The SMILES string of the molecule is CCOC(=O)Cc1cc(C(=O)c2ccc(S(=O)(=O)N(C)C)cc2)c2ccccc2c1. The Morgan fingerprint density at radius 2 is 1.63 bits per heavy atom. The minimum absolute atomic E-state index is 0.0684. The topological polar surface area (TPSA) is 80.8 Å². The van der Waals surface area contributed by atoms with Crippen LogP contribution in [0.15, 0.2) is 65.6 Å². The molecular formula is C23H23NO5S. The van der Waals surface area contributed by atoms with Crippen molar-refractivity contribution in [3.63, 3.8) is 0 Å². The van der Waals surface area contributed by atoms with Crippen molar-refractivity contribution in [2.45, 2.75) is 18.2 Å². The van der Waals surface area contributed by atoms with Crippen LogP contribution in [-0.4, -0.2) is 45.2 Å². The summed E-state index contributed by atoms with van der Waals surface area (Å²) in [7, 11) is -0.666. The van der Waals surface area contributed by atoms with Gasteiger partial charge in [0, 0.05) is 25.2 Å². The third-order valence-electron chi connectivity index (χ3n) is 4.72. The lowest BCUT2D eigenvalue weighted by Gasteiger charge is -2.12. The summed E-state index contributed by atoms with van der Waals surface area (Å²) in [5.41, 5.74) is 1.50. The number of carbonyl (C=O) groups excluding carboxylic acids is 2. The molecule has 3 rings (SSSR count). The zero-order valence-electron chi connectivity index (χ0n) is 17.1. The van der Waals surface area contributed by atoms with Crippen molar-refractivity contribution in [2.24, 2.45) is 0 Å². The number of ether oxygens (including phenoxy) is 1. The van der Waals surface area contributed by atoms with Gasteiger partial charge in [0.1, 0.15) is 0 Å². The number of nitrogens with zero attached hydrogens (tertiary/aromatic N) is 1. The van der Waals surface area contributed by atoms with E-state index >= 15 is 0 Å². The van der Waals surface area contributed by atoms with Crippen molar-refractivity contribution >= 4 is 32.5 Å². The Morgan fingerprint density at radius 1 is 0.967 bits per heavy atom. The molecule has 7 heteroatoms. The number of benzene rings is 3. The van der Waals surface area contributed by atoms with Crippen LogP contribution in [0.25, 0.3) is 10.8 Å². The van der Waals surface area contributed by atoms with Gasteiger partial charge in [-0.3, -0.25) is 9.59 Å². The van der Waals surface area contributed by atoms with Crippen LogP contribution >= 0.6 is 0 Å². The lowest BCUT2D eigenvalue weighted by molar-refractivity contribution is -0.142. The summed E-state index contributed by atoms with van der Waals surface area (Å²) >= 11 is 0. The largest absolute Gasteiger partial charge is 0.466 e. The van der Waals surface area contributed by atoms with E-state index in [1.54, 1.807) is 13.0 Å². The first-order valence-corrected chi connectivity index (χ1v) is 10.9. The number of carbonyl (C=O) groups is 2. The molecule has 0 N–H and O–H groups in total. The lowest BCUT2D eigenvalue weighted by atomic mass is 9.94. The highest BCUT2D eigenvalue weighted by molar-refractivity contribution is 7.89. The second kappa shape index (κ2) is 8.77. The van der Waals surface area contributed by atoms with Crippen molar-refractivity contribution in [3.05, 3.63) is 77.4 Å². The number of ketones is 1. The van der Waals surface area contributed by atoms with Crippen LogP contribution in [0.2, 0.25) is 0 Å². The van der Waals surface area contributed by atoms with E-state index in [0.29, 0.717) is 23.3 Å². The van der Waals surface area contributed by atoms with Crippen LogP contribution < -0.4 is 0 Å². The van der Waals surface area contributed by atoms with Crippen molar-refractivity contribution in [3.8, 4) is 0 Å². The highest BCUT2D eigenvalue weighted by atomic mass is 32.2. The number of sulfonamides is 1. The van der Waals surface area contributed by atoms with E-state index in [1.807, 2.05) is 30.3 Å². The van der Waals surface area contributed by atoms with Crippen LogP contribution in [0, 0.1) is 0 Å². The normalized spacial score (nSPS) is 11.6. The average Bonchev–Trinajstić information content (AvgIpc) is 2.72. The van der Waals surface area contributed by atoms with Crippen molar-refractivity contribution in [2.75, 3.05) is 20.7 Å². The molecule has 0 radical (unpaired) electrons. The molecule has 3 aromatic carbocycles. The molecule has 0 aliphatic rings. The maximum absolute atomic E-state index is 13.2. The van der Waals surface area contributed by atoms with E-state index < -0.39 is 10.0 Å². The number of fused-ring (bicyclic) bond motifs is 1. The minimum atomic E-state index is -3.57. The van der Waals surface area contributed by atoms with Gasteiger partial charge in [0.05, 0.1) is 17.9 Å². The Balaban J connectivity index is 2.02. The molecule has 30 heavy (non-hydrogen) atoms. The number of rotatable bonds is 7. The highest BCUT2D eigenvalue weighted by Crippen LogP contribution is 2.25. The van der Waals surface area contributed by atoms with Gasteiger partial charge in [0.15, 0.2) is 5.78 Å². The van der Waals surface area contributed by atoms with Crippen LogP contribution in [0.5, 0.6) is 0 Å². The molecule has 0 aliphatic heterocycles. The highest BCUT2D eigenvalue weighted by Gasteiger charge is 2.19. The Hall–Kier alpha value is -3.03. The molecule has 0 spiro atoms. The predicted octanol–water partition coefficient (Wildman–Crippen LogP) is 3.43. The monoisotopic (exact) mass is 425 g/mol. The first kappa shape index (κ1) is 21.7. The average molecular weight is 426 g/mol. The molecule has 0 unspecified atom stereocenters. The Morgan fingerprint density at radius 3 is 2.27 bits per heavy atom. The van der Waals surface area contributed by atoms with Crippen LogP contribution in [0.1, 0.15) is 28.4 Å². The molecule has 0 aliphatic carbocycles. The molecule has 0 fully saturated rings. The smallest absolute Gasteiger partial charge is 0.310 e. The van der Waals surface area contributed by atoms with E-state index in [1.165, 1.54) is 38.4 Å². The van der Waals surface area contributed by atoms with E-state index in [2.05, 4.69) is 0 Å². The molecule has 0 bridgehead atoms. The van der Waals surface area contributed by atoms with Gasteiger partial charge in [0.25, 0.3) is 0 Å². The maximum Gasteiger partial charge on any atom is 0.310 e. The molecule has 0 aromatic heterocycles. The summed E-state index contributed by atoms with van der Waals surface area (Å²) in [6.45, 7) is 2.04. The molecule has 3 aromatic rings. The van der Waals surface area contributed by atoms with Gasteiger partial charge in [-0.15, -0.1) is 0 Å². The molecule has 0 atom stereocenters. The predicted molar refractivity (Wildman–Crippen MR) is 115 cm³/mol. The van der Waals surface area contributed by atoms with Gasteiger partial charge in [-0.05, 0) is 53.6 Å². The van der Waals surface area contributed by atoms with Gasteiger partial charge in [-0.1, -0.05) is 30.3 Å². The number of hydrogen-bond donors (Lipinski definition) is 0. The zero-order chi connectivity index (χ0) is 21.9. The van der Waals surface area contributed by atoms with Crippen molar-refractivity contribution < 1.29 is 22.7 Å². The number of hydrogen-bond acceptors (Lipinski definition) is 5. The molecule has 0 amide bonds. The fourth-order valence-corrected chi connectivity index (χ4v) is 4.09. The zero-order valence-corrected chi connectivity index (χ0v) is 17.9. The van der Waals surface area contributed by atoms with E-state index in [0.717, 1.165) is 15.1 Å². The summed E-state index contributed by atoms with van der Waals surface area (Å²) in [6, 6.07) is 16.9. The fraction of sp³-hybridized carbons (Fsp3) is 0.217. The molecule has 0 heterocycles.